The first kappa shape index (κ1) is 12.6. The fourth-order valence-electron chi connectivity index (χ4n) is 1.89. The second kappa shape index (κ2) is 4.94. The Morgan fingerprint density at radius 1 is 1.47 bits per heavy atom. The number of aromatic nitrogens is 2. The van der Waals surface area contributed by atoms with Gasteiger partial charge in [-0.3, -0.25) is 0 Å². The van der Waals surface area contributed by atoms with Crippen molar-refractivity contribution >= 4 is 15.9 Å². The highest BCUT2D eigenvalue weighted by atomic mass is 79.9. The predicted molar refractivity (Wildman–Crippen MR) is 73.0 cm³/mol. The minimum atomic E-state index is -0.390. The summed E-state index contributed by atoms with van der Waals surface area (Å²) in [6.45, 7) is 0. The van der Waals surface area contributed by atoms with E-state index in [0.29, 0.717) is 17.6 Å². The van der Waals surface area contributed by atoms with Gasteiger partial charge >= 0.3 is 0 Å². The molecule has 0 spiro atoms. The molecule has 1 aromatic carbocycles. The maximum absolute atomic E-state index is 6.16. The summed E-state index contributed by atoms with van der Waals surface area (Å²) in [6, 6.07) is 5.29. The zero-order valence-electron chi connectivity index (χ0n) is 10.5. The van der Waals surface area contributed by atoms with E-state index < -0.39 is 6.04 Å². The summed E-state index contributed by atoms with van der Waals surface area (Å²) in [5.74, 6) is 2.44. The van der Waals surface area contributed by atoms with Gasteiger partial charge in [0.25, 0.3) is 0 Å². The second-order valence-corrected chi connectivity index (χ2v) is 5.49. The number of nitrogens with two attached hydrogens (primary N) is 1. The molecule has 3 rings (SSSR count). The van der Waals surface area contributed by atoms with Crippen LogP contribution in [-0.4, -0.2) is 17.3 Å². The number of ether oxygens (including phenoxy) is 1. The third kappa shape index (κ3) is 2.50. The predicted octanol–water partition coefficient (Wildman–Crippen LogP) is 2.77. The Bertz CT molecular complexity index is 595. The molecule has 2 aromatic rings. The van der Waals surface area contributed by atoms with E-state index in [2.05, 4.69) is 26.1 Å². The number of halogens is 1. The van der Waals surface area contributed by atoms with Crippen LogP contribution in [0.5, 0.6) is 5.75 Å². The molecule has 1 fully saturated rings. The van der Waals surface area contributed by atoms with E-state index in [1.807, 2.05) is 18.2 Å². The molecule has 1 unspecified atom stereocenters. The first-order chi connectivity index (χ1) is 9.19. The topological polar surface area (TPSA) is 74.2 Å². The summed E-state index contributed by atoms with van der Waals surface area (Å²) >= 11 is 3.44. The van der Waals surface area contributed by atoms with Crippen LogP contribution in [0.15, 0.2) is 27.2 Å². The molecular weight excluding hydrogens is 310 g/mol. The average Bonchev–Trinajstić information content (AvgIpc) is 3.16. The van der Waals surface area contributed by atoms with Crippen LogP contribution in [-0.2, 0) is 0 Å². The molecule has 1 aromatic heterocycles. The van der Waals surface area contributed by atoms with Gasteiger partial charge in [-0.05, 0) is 46.5 Å². The number of benzene rings is 1. The van der Waals surface area contributed by atoms with Gasteiger partial charge < -0.3 is 15.0 Å². The van der Waals surface area contributed by atoms with Crippen molar-refractivity contribution in [3.05, 3.63) is 40.0 Å². The molecule has 0 bridgehead atoms. The van der Waals surface area contributed by atoms with Crippen LogP contribution in [0.25, 0.3) is 0 Å². The lowest BCUT2D eigenvalue weighted by atomic mass is 10.1. The summed E-state index contributed by atoms with van der Waals surface area (Å²) < 4.78 is 11.3. The van der Waals surface area contributed by atoms with Gasteiger partial charge in [0.15, 0.2) is 5.82 Å². The van der Waals surface area contributed by atoms with E-state index in [4.69, 9.17) is 15.0 Å². The normalized spacial score (nSPS) is 16.4. The molecule has 0 radical (unpaired) electrons. The minimum Gasteiger partial charge on any atom is -0.496 e. The van der Waals surface area contributed by atoms with Gasteiger partial charge in [0.1, 0.15) is 5.75 Å². The molecule has 1 atom stereocenters. The average molecular weight is 324 g/mol. The lowest BCUT2D eigenvalue weighted by molar-refractivity contribution is 0.372. The lowest BCUT2D eigenvalue weighted by Gasteiger charge is -2.10. The SMILES string of the molecule is COc1ccc(C(N)c2noc(C3CC3)n2)cc1Br. The van der Waals surface area contributed by atoms with Gasteiger partial charge in [-0.25, -0.2) is 0 Å². The van der Waals surface area contributed by atoms with Crippen molar-refractivity contribution in [1.82, 2.24) is 10.1 Å². The van der Waals surface area contributed by atoms with E-state index in [1.165, 1.54) is 0 Å². The monoisotopic (exact) mass is 323 g/mol. The number of rotatable bonds is 4. The van der Waals surface area contributed by atoms with Crippen LogP contribution in [0.1, 0.15) is 42.1 Å². The van der Waals surface area contributed by atoms with Gasteiger partial charge in [-0.15, -0.1) is 0 Å². The maximum atomic E-state index is 6.16. The molecule has 1 saturated carbocycles. The summed E-state index contributed by atoms with van der Waals surface area (Å²) in [4.78, 5) is 4.37. The fourth-order valence-corrected chi connectivity index (χ4v) is 2.45. The van der Waals surface area contributed by atoms with Crippen molar-refractivity contribution < 1.29 is 9.26 Å². The summed E-state index contributed by atoms with van der Waals surface area (Å²) in [6.07, 6.45) is 2.26. The fraction of sp³-hybridized carbons (Fsp3) is 0.385. The number of hydrogen-bond acceptors (Lipinski definition) is 5. The van der Waals surface area contributed by atoms with Gasteiger partial charge in [-0.2, -0.15) is 4.98 Å². The Hall–Kier alpha value is -1.40. The number of nitrogens with zero attached hydrogens (tertiary/aromatic N) is 2. The molecule has 0 aliphatic heterocycles. The van der Waals surface area contributed by atoms with Crippen molar-refractivity contribution in [2.75, 3.05) is 7.11 Å². The number of hydrogen-bond donors (Lipinski definition) is 1. The highest BCUT2D eigenvalue weighted by molar-refractivity contribution is 9.10. The molecule has 1 aliphatic rings. The molecule has 5 nitrogen and oxygen atoms in total. The second-order valence-electron chi connectivity index (χ2n) is 4.64. The van der Waals surface area contributed by atoms with Crippen molar-refractivity contribution in [3.63, 3.8) is 0 Å². The van der Waals surface area contributed by atoms with E-state index in [0.717, 1.165) is 28.6 Å². The van der Waals surface area contributed by atoms with Crippen LogP contribution in [0, 0.1) is 0 Å². The van der Waals surface area contributed by atoms with Crippen LogP contribution >= 0.6 is 15.9 Å². The van der Waals surface area contributed by atoms with Crippen LogP contribution in [0.3, 0.4) is 0 Å². The first-order valence-corrected chi connectivity index (χ1v) is 6.91. The zero-order valence-corrected chi connectivity index (χ0v) is 12.1. The standard InChI is InChI=1S/C13H14BrN3O2/c1-18-10-5-4-8(6-9(10)14)11(15)12-16-13(19-17-12)7-2-3-7/h4-7,11H,2-3,15H2,1H3. The number of methoxy groups -OCH3 is 1. The quantitative estimate of drug-likeness (QED) is 0.936. The molecule has 1 aliphatic carbocycles. The van der Waals surface area contributed by atoms with Gasteiger partial charge in [0.05, 0.1) is 17.6 Å². The molecule has 19 heavy (non-hydrogen) atoms. The van der Waals surface area contributed by atoms with E-state index >= 15 is 0 Å². The molecule has 0 saturated heterocycles. The van der Waals surface area contributed by atoms with E-state index in [1.54, 1.807) is 7.11 Å². The molecule has 0 amide bonds. The Labute approximate surface area is 119 Å². The zero-order chi connectivity index (χ0) is 13.4. The van der Waals surface area contributed by atoms with Gasteiger partial charge in [-0.1, -0.05) is 11.2 Å². The van der Waals surface area contributed by atoms with Crippen molar-refractivity contribution in [2.24, 2.45) is 5.73 Å². The van der Waals surface area contributed by atoms with Crippen molar-refractivity contribution in [2.45, 2.75) is 24.8 Å². The lowest BCUT2D eigenvalue weighted by Crippen LogP contribution is -2.13. The van der Waals surface area contributed by atoms with Crippen LogP contribution in [0.2, 0.25) is 0 Å². The minimum absolute atomic E-state index is 0.390. The van der Waals surface area contributed by atoms with E-state index in [-0.39, 0.29) is 0 Å². The smallest absolute Gasteiger partial charge is 0.229 e. The van der Waals surface area contributed by atoms with Crippen molar-refractivity contribution in [1.29, 1.82) is 0 Å². The first-order valence-electron chi connectivity index (χ1n) is 6.11. The third-order valence-electron chi connectivity index (χ3n) is 3.20. The molecule has 1 heterocycles. The highest BCUT2D eigenvalue weighted by Crippen LogP contribution is 2.39. The summed E-state index contributed by atoms with van der Waals surface area (Å²) in [7, 11) is 1.63. The molecule has 100 valence electrons. The maximum Gasteiger partial charge on any atom is 0.229 e. The highest BCUT2D eigenvalue weighted by Gasteiger charge is 2.30. The van der Waals surface area contributed by atoms with Crippen LogP contribution < -0.4 is 10.5 Å². The van der Waals surface area contributed by atoms with Crippen LogP contribution in [0.4, 0.5) is 0 Å². The van der Waals surface area contributed by atoms with Crippen molar-refractivity contribution in [3.8, 4) is 5.75 Å². The Kier molecular flexibility index (Phi) is 3.28. The summed E-state index contributed by atoms with van der Waals surface area (Å²) in [5.41, 5.74) is 7.08. The Morgan fingerprint density at radius 3 is 2.89 bits per heavy atom. The van der Waals surface area contributed by atoms with Gasteiger partial charge in [0, 0.05) is 5.92 Å². The Balaban J connectivity index is 1.85. The Morgan fingerprint density at radius 2 is 2.26 bits per heavy atom. The summed E-state index contributed by atoms with van der Waals surface area (Å²) in [5, 5.41) is 3.97. The van der Waals surface area contributed by atoms with Gasteiger partial charge in [0.2, 0.25) is 5.89 Å². The third-order valence-corrected chi connectivity index (χ3v) is 3.82. The molecule has 6 heteroatoms. The molecule has 2 N–H and O–H groups in total. The van der Waals surface area contributed by atoms with E-state index in [9.17, 15) is 0 Å². The largest absolute Gasteiger partial charge is 0.496 e. The molecular formula is C13H14BrN3O2.